The van der Waals surface area contributed by atoms with Crippen LogP contribution in [-0.2, 0) is 4.79 Å². The predicted molar refractivity (Wildman–Crippen MR) is 85.9 cm³/mol. The summed E-state index contributed by atoms with van der Waals surface area (Å²) in [5.74, 6) is 1.44. The SMILES string of the molecule is Cc1cc(SCC(=O)NC2CCC(C)CC2)ccc1N. The highest BCUT2D eigenvalue weighted by Gasteiger charge is 2.19. The highest BCUT2D eigenvalue weighted by Crippen LogP contribution is 2.24. The zero-order valence-corrected chi connectivity index (χ0v) is 13.1. The van der Waals surface area contributed by atoms with Gasteiger partial charge in [-0.25, -0.2) is 0 Å². The molecule has 0 atom stereocenters. The predicted octanol–water partition coefficient (Wildman–Crippen LogP) is 3.36. The molecule has 1 amide bonds. The van der Waals surface area contributed by atoms with E-state index < -0.39 is 0 Å². The monoisotopic (exact) mass is 292 g/mol. The van der Waals surface area contributed by atoms with Gasteiger partial charge in [-0.1, -0.05) is 6.92 Å². The minimum atomic E-state index is 0.143. The van der Waals surface area contributed by atoms with Crippen molar-refractivity contribution >= 4 is 23.4 Å². The molecule has 4 heteroatoms. The lowest BCUT2D eigenvalue weighted by Crippen LogP contribution is -2.38. The van der Waals surface area contributed by atoms with Crippen molar-refractivity contribution in [2.75, 3.05) is 11.5 Å². The number of rotatable bonds is 4. The van der Waals surface area contributed by atoms with Crippen molar-refractivity contribution in [2.24, 2.45) is 5.92 Å². The number of benzene rings is 1. The Bertz CT molecular complexity index is 468. The normalized spacial score (nSPS) is 22.5. The molecule has 1 saturated carbocycles. The number of anilines is 1. The van der Waals surface area contributed by atoms with Crippen LogP contribution in [0.2, 0.25) is 0 Å². The Morgan fingerprint density at radius 1 is 1.35 bits per heavy atom. The van der Waals surface area contributed by atoms with E-state index in [0.29, 0.717) is 11.8 Å². The number of nitrogen functional groups attached to an aromatic ring is 1. The maximum atomic E-state index is 12.0. The van der Waals surface area contributed by atoms with E-state index in [0.717, 1.165) is 34.9 Å². The number of nitrogens with two attached hydrogens (primary N) is 1. The Morgan fingerprint density at radius 3 is 2.70 bits per heavy atom. The van der Waals surface area contributed by atoms with Crippen LogP contribution in [-0.4, -0.2) is 17.7 Å². The first-order chi connectivity index (χ1) is 9.54. The minimum absolute atomic E-state index is 0.143. The van der Waals surface area contributed by atoms with Gasteiger partial charge in [-0.15, -0.1) is 11.8 Å². The highest BCUT2D eigenvalue weighted by molar-refractivity contribution is 8.00. The van der Waals surface area contributed by atoms with Crippen LogP contribution in [0.1, 0.15) is 38.2 Å². The summed E-state index contributed by atoms with van der Waals surface area (Å²) in [7, 11) is 0. The second-order valence-electron chi connectivity index (χ2n) is 5.83. The first-order valence-corrected chi connectivity index (χ1v) is 8.31. The van der Waals surface area contributed by atoms with E-state index in [1.807, 2.05) is 25.1 Å². The van der Waals surface area contributed by atoms with Gasteiger partial charge in [-0.3, -0.25) is 4.79 Å². The van der Waals surface area contributed by atoms with Gasteiger partial charge in [0.05, 0.1) is 5.75 Å². The first kappa shape index (κ1) is 15.2. The number of aryl methyl sites for hydroxylation is 1. The summed E-state index contributed by atoms with van der Waals surface area (Å²) < 4.78 is 0. The Labute approximate surface area is 125 Å². The van der Waals surface area contributed by atoms with E-state index in [4.69, 9.17) is 5.73 Å². The molecule has 1 aliphatic carbocycles. The van der Waals surface area contributed by atoms with Gasteiger partial charge < -0.3 is 11.1 Å². The van der Waals surface area contributed by atoms with Crippen LogP contribution < -0.4 is 11.1 Å². The van der Waals surface area contributed by atoms with Crippen molar-refractivity contribution in [1.82, 2.24) is 5.32 Å². The van der Waals surface area contributed by atoms with Crippen molar-refractivity contribution in [3.63, 3.8) is 0 Å². The van der Waals surface area contributed by atoms with Crippen LogP contribution in [0.4, 0.5) is 5.69 Å². The van der Waals surface area contributed by atoms with Crippen molar-refractivity contribution in [1.29, 1.82) is 0 Å². The topological polar surface area (TPSA) is 55.1 Å². The van der Waals surface area contributed by atoms with Gasteiger partial charge in [0, 0.05) is 16.6 Å². The van der Waals surface area contributed by atoms with E-state index in [-0.39, 0.29) is 5.91 Å². The van der Waals surface area contributed by atoms with Crippen LogP contribution in [0.15, 0.2) is 23.1 Å². The van der Waals surface area contributed by atoms with Crippen LogP contribution in [0, 0.1) is 12.8 Å². The van der Waals surface area contributed by atoms with Crippen LogP contribution in [0.25, 0.3) is 0 Å². The maximum absolute atomic E-state index is 12.0. The molecular formula is C16H24N2OS. The second-order valence-corrected chi connectivity index (χ2v) is 6.88. The maximum Gasteiger partial charge on any atom is 0.230 e. The molecule has 0 unspecified atom stereocenters. The van der Waals surface area contributed by atoms with Crippen molar-refractivity contribution in [3.8, 4) is 0 Å². The summed E-state index contributed by atoms with van der Waals surface area (Å²) in [5, 5.41) is 3.15. The molecule has 0 radical (unpaired) electrons. The molecule has 0 aromatic heterocycles. The van der Waals surface area contributed by atoms with Gasteiger partial charge in [0.15, 0.2) is 0 Å². The van der Waals surface area contributed by atoms with E-state index in [1.165, 1.54) is 12.8 Å². The summed E-state index contributed by atoms with van der Waals surface area (Å²) in [6.07, 6.45) is 4.71. The molecule has 1 aliphatic rings. The quantitative estimate of drug-likeness (QED) is 0.661. The molecule has 0 saturated heterocycles. The van der Waals surface area contributed by atoms with Gasteiger partial charge in [0.1, 0.15) is 0 Å². The summed E-state index contributed by atoms with van der Waals surface area (Å²) in [6, 6.07) is 6.29. The van der Waals surface area contributed by atoms with Crippen LogP contribution in [0.5, 0.6) is 0 Å². The summed E-state index contributed by atoms with van der Waals surface area (Å²) in [5.41, 5.74) is 7.66. The lowest BCUT2D eigenvalue weighted by atomic mass is 9.87. The summed E-state index contributed by atoms with van der Waals surface area (Å²) >= 11 is 1.57. The largest absolute Gasteiger partial charge is 0.399 e. The lowest BCUT2D eigenvalue weighted by molar-refractivity contribution is -0.119. The van der Waals surface area contributed by atoms with Gasteiger partial charge in [-0.05, 0) is 62.3 Å². The third kappa shape index (κ3) is 4.44. The Hall–Kier alpha value is -1.16. The zero-order chi connectivity index (χ0) is 14.5. The molecule has 2 rings (SSSR count). The third-order valence-electron chi connectivity index (χ3n) is 3.99. The number of amides is 1. The molecule has 0 bridgehead atoms. The average molecular weight is 292 g/mol. The Kier molecular flexibility index (Phi) is 5.35. The van der Waals surface area contributed by atoms with E-state index in [2.05, 4.69) is 12.2 Å². The number of thioether (sulfide) groups is 1. The molecule has 0 spiro atoms. The van der Waals surface area contributed by atoms with Gasteiger partial charge in [0.25, 0.3) is 0 Å². The number of hydrogen-bond acceptors (Lipinski definition) is 3. The molecule has 20 heavy (non-hydrogen) atoms. The number of nitrogens with one attached hydrogen (secondary N) is 1. The van der Waals surface area contributed by atoms with Crippen molar-refractivity contribution in [3.05, 3.63) is 23.8 Å². The highest BCUT2D eigenvalue weighted by atomic mass is 32.2. The zero-order valence-electron chi connectivity index (χ0n) is 12.3. The molecule has 3 nitrogen and oxygen atoms in total. The fourth-order valence-corrected chi connectivity index (χ4v) is 3.37. The summed E-state index contributed by atoms with van der Waals surface area (Å²) in [4.78, 5) is 13.1. The molecule has 1 aromatic rings. The smallest absolute Gasteiger partial charge is 0.230 e. The molecule has 0 heterocycles. The van der Waals surface area contributed by atoms with Crippen LogP contribution >= 0.6 is 11.8 Å². The Balaban J connectivity index is 1.76. The fraction of sp³-hybridized carbons (Fsp3) is 0.562. The molecule has 1 aromatic carbocycles. The molecule has 3 N–H and O–H groups in total. The first-order valence-electron chi connectivity index (χ1n) is 7.33. The number of carbonyl (C=O) groups excluding carboxylic acids is 1. The van der Waals surface area contributed by atoms with E-state index in [9.17, 15) is 4.79 Å². The third-order valence-corrected chi connectivity index (χ3v) is 4.99. The van der Waals surface area contributed by atoms with Crippen molar-refractivity contribution < 1.29 is 4.79 Å². The fourth-order valence-electron chi connectivity index (χ4n) is 2.56. The van der Waals surface area contributed by atoms with Gasteiger partial charge >= 0.3 is 0 Å². The Morgan fingerprint density at radius 2 is 2.05 bits per heavy atom. The summed E-state index contributed by atoms with van der Waals surface area (Å²) in [6.45, 7) is 4.28. The van der Waals surface area contributed by atoms with Crippen LogP contribution in [0.3, 0.4) is 0 Å². The van der Waals surface area contributed by atoms with Gasteiger partial charge in [0.2, 0.25) is 5.91 Å². The van der Waals surface area contributed by atoms with E-state index >= 15 is 0 Å². The van der Waals surface area contributed by atoms with E-state index in [1.54, 1.807) is 11.8 Å². The molecule has 1 fully saturated rings. The minimum Gasteiger partial charge on any atom is -0.399 e. The number of hydrogen-bond donors (Lipinski definition) is 2. The number of carbonyl (C=O) groups is 1. The molecule has 110 valence electrons. The molecule has 0 aliphatic heterocycles. The van der Waals surface area contributed by atoms with Gasteiger partial charge in [-0.2, -0.15) is 0 Å². The van der Waals surface area contributed by atoms with Crippen molar-refractivity contribution in [2.45, 2.75) is 50.5 Å². The average Bonchev–Trinajstić information content (AvgIpc) is 2.43. The second kappa shape index (κ2) is 7.02. The molecular weight excluding hydrogens is 268 g/mol. The standard InChI is InChI=1S/C16H24N2OS/c1-11-3-5-13(6-4-11)18-16(19)10-20-14-7-8-15(17)12(2)9-14/h7-9,11,13H,3-6,10,17H2,1-2H3,(H,18,19). The lowest BCUT2D eigenvalue weighted by Gasteiger charge is -2.26.